The van der Waals surface area contributed by atoms with E-state index in [1.54, 1.807) is 12.4 Å². The molecule has 0 radical (unpaired) electrons. The van der Waals surface area contributed by atoms with Crippen LogP contribution in [0.15, 0.2) is 12.4 Å². The van der Waals surface area contributed by atoms with Gasteiger partial charge in [0.25, 0.3) is 0 Å². The lowest BCUT2D eigenvalue weighted by atomic mass is 10.0. The number of hydrogen-bond donors (Lipinski definition) is 3. The largest absolute Gasteiger partial charge is 0.369 e. The maximum Gasteiger partial charge on any atom is 0.240 e. The molecule has 1 aromatic heterocycles. The van der Waals surface area contributed by atoms with Crippen molar-refractivity contribution in [2.24, 2.45) is 11.7 Å². The van der Waals surface area contributed by atoms with Crippen LogP contribution >= 0.6 is 0 Å². The average Bonchev–Trinajstić information content (AvgIpc) is 2.33. The number of aromatic nitrogens is 2. The van der Waals surface area contributed by atoms with Crippen molar-refractivity contribution in [3.63, 3.8) is 0 Å². The van der Waals surface area contributed by atoms with Crippen LogP contribution in [0.1, 0.15) is 27.2 Å². The lowest BCUT2D eigenvalue weighted by Gasteiger charge is -2.19. The van der Waals surface area contributed by atoms with Gasteiger partial charge in [-0.25, -0.2) is 4.98 Å². The van der Waals surface area contributed by atoms with Crippen molar-refractivity contribution in [1.29, 1.82) is 0 Å². The molecule has 0 bridgehead atoms. The van der Waals surface area contributed by atoms with Gasteiger partial charge in [-0.2, -0.15) is 0 Å². The first-order chi connectivity index (χ1) is 8.54. The maximum atomic E-state index is 11.3. The van der Waals surface area contributed by atoms with Crippen molar-refractivity contribution < 1.29 is 4.79 Å². The zero-order chi connectivity index (χ0) is 13.5. The summed E-state index contributed by atoms with van der Waals surface area (Å²) in [5.74, 6) is 0.942. The highest BCUT2D eigenvalue weighted by molar-refractivity contribution is 5.82. The normalized spacial score (nSPS) is 12.2. The van der Waals surface area contributed by atoms with E-state index in [1.165, 1.54) is 0 Å². The highest BCUT2D eigenvalue weighted by atomic mass is 16.1. The standard InChI is InChI=1S/C12H21N5O/c1-4-5-15-9-6-14-7-10(16-9)17-11(8(2)3)12(13)18/h6-8,11H,4-5H2,1-3H3,(H2,13,18)(H2,15,16,17). The van der Waals surface area contributed by atoms with Crippen LogP contribution in [0, 0.1) is 5.92 Å². The zero-order valence-corrected chi connectivity index (χ0v) is 11.1. The Labute approximate surface area is 107 Å². The van der Waals surface area contributed by atoms with Gasteiger partial charge >= 0.3 is 0 Å². The summed E-state index contributed by atoms with van der Waals surface area (Å²) in [6, 6.07) is -0.444. The minimum Gasteiger partial charge on any atom is -0.369 e. The summed E-state index contributed by atoms with van der Waals surface area (Å²) in [6.07, 6.45) is 4.24. The topological polar surface area (TPSA) is 92.9 Å². The number of nitrogens with one attached hydrogen (secondary N) is 2. The summed E-state index contributed by atoms with van der Waals surface area (Å²) < 4.78 is 0. The predicted molar refractivity (Wildman–Crippen MR) is 72.3 cm³/mol. The van der Waals surface area contributed by atoms with Gasteiger partial charge in [-0.05, 0) is 12.3 Å². The molecule has 0 aliphatic rings. The van der Waals surface area contributed by atoms with Crippen molar-refractivity contribution in [2.75, 3.05) is 17.2 Å². The minimum absolute atomic E-state index is 0.0940. The van der Waals surface area contributed by atoms with Crippen LogP contribution in [0.2, 0.25) is 0 Å². The molecule has 1 atom stereocenters. The molecule has 6 nitrogen and oxygen atoms in total. The van der Waals surface area contributed by atoms with Crippen LogP contribution in [0.4, 0.5) is 11.6 Å². The number of hydrogen-bond acceptors (Lipinski definition) is 5. The minimum atomic E-state index is -0.444. The number of amides is 1. The quantitative estimate of drug-likeness (QED) is 0.677. The van der Waals surface area contributed by atoms with Crippen LogP contribution in [0.3, 0.4) is 0 Å². The molecule has 1 aromatic rings. The van der Waals surface area contributed by atoms with Gasteiger partial charge in [0.05, 0.1) is 12.4 Å². The summed E-state index contributed by atoms with van der Waals surface area (Å²) in [7, 11) is 0. The van der Waals surface area contributed by atoms with E-state index < -0.39 is 11.9 Å². The van der Waals surface area contributed by atoms with Gasteiger partial charge in [0, 0.05) is 6.54 Å². The van der Waals surface area contributed by atoms with Crippen molar-refractivity contribution in [1.82, 2.24) is 9.97 Å². The third-order valence-corrected chi connectivity index (χ3v) is 2.47. The summed E-state index contributed by atoms with van der Waals surface area (Å²) >= 11 is 0. The van der Waals surface area contributed by atoms with Gasteiger partial charge in [-0.3, -0.25) is 9.78 Å². The van der Waals surface area contributed by atoms with Crippen molar-refractivity contribution in [3.8, 4) is 0 Å². The lowest BCUT2D eigenvalue weighted by molar-refractivity contribution is -0.119. The fraction of sp³-hybridized carbons (Fsp3) is 0.583. The number of carbonyl (C=O) groups is 1. The first kappa shape index (κ1) is 14.2. The molecule has 0 aliphatic carbocycles. The number of rotatable bonds is 7. The molecule has 0 saturated carbocycles. The molecule has 4 N–H and O–H groups in total. The van der Waals surface area contributed by atoms with E-state index in [-0.39, 0.29) is 5.92 Å². The molecule has 0 aromatic carbocycles. The summed E-state index contributed by atoms with van der Waals surface area (Å²) in [6.45, 7) is 6.76. The molecule has 1 unspecified atom stereocenters. The molecular weight excluding hydrogens is 230 g/mol. The van der Waals surface area contributed by atoms with E-state index >= 15 is 0 Å². The Morgan fingerprint density at radius 2 is 2.06 bits per heavy atom. The average molecular weight is 251 g/mol. The lowest BCUT2D eigenvalue weighted by Crippen LogP contribution is -2.39. The van der Waals surface area contributed by atoms with E-state index in [0.717, 1.165) is 13.0 Å². The van der Waals surface area contributed by atoms with Crippen molar-refractivity contribution >= 4 is 17.5 Å². The predicted octanol–water partition coefficient (Wildman–Crippen LogP) is 1.22. The fourth-order valence-electron chi connectivity index (χ4n) is 1.50. The van der Waals surface area contributed by atoms with E-state index in [0.29, 0.717) is 11.6 Å². The molecule has 0 saturated heterocycles. The van der Waals surface area contributed by atoms with Gasteiger partial charge in [0.15, 0.2) is 0 Å². The van der Waals surface area contributed by atoms with E-state index in [4.69, 9.17) is 5.73 Å². The summed E-state index contributed by atoms with van der Waals surface area (Å²) in [5.41, 5.74) is 5.34. The van der Waals surface area contributed by atoms with Crippen LogP contribution in [0.25, 0.3) is 0 Å². The first-order valence-corrected chi connectivity index (χ1v) is 6.16. The summed E-state index contributed by atoms with van der Waals surface area (Å²) in [5, 5.41) is 6.14. The molecule has 0 aliphatic heterocycles. The molecule has 100 valence electrons. The van der Waals surface area contributed by atoms with Gasteiger partial charge in [-0.1, -0.05) is 20.8 Å². The van der Waals surface area contributed by atoms with Gasteiger partial charge in [0.2, 0.25) is 5.91 Å². The number of nitrogens with zero attached hydrogens (tertiary/aromatic N) is 2. The van der Waals surface area contributed by atoms with Crippen LogP contribution in [-0.2, 0) is 4.79 Å². The fourth-order valence-corrected chi connectivity index (χ4v) is 1.50. The molecule has 18 heavy (non-hydrogen) atoms. The second-order valence-electron chi connectivity index (χ2n) is 4.48. The summed E-state index contributed by atoms with van der Waals surface area (Å²) in [4.78, 5) is 19.7. The number of carbonyl (C=O) groups excluding carboxylic acids is 1. The SMILES string of the molecule is CCCNc1cncc(NC(C(N)=O)C(C)C)n1. The Kier molecular flexibility index (Phi) is 5.35. The molecule has 0 spiro atoms. The molecular formula is C12H21N5O. The van der Waals surface area contributed by atoms with E-state index in [9.17, 15) is 4.79 Å². The number of primary amides is 1. The van der Waals surface area contributed by atoms with Gasteiger partial charge in [0.1, 0.15) is 17.7 Å². The molecule has 1 amide bonds. The number of nitrogens with two attached hydrogens (primary N) is 1. The van der Waals surface area contributed by atoms with Crippen molar-refractivity contribution in [2.45, 2.75) is 33.2 Å². The Morgan fingerprint density at radius 3 is 2.61 bits per heavy atom. The highest BCUT2D eigenvalue weighted by Gasteiger charge is 2.19. The van der Waals surface area contributed by atoms with E-state index in [1.807, 2.05) is 13.8 Å². The Hall–Kier alpha value is -1.85. The molecule has 6 heteroatoms. The first-order valence-electron chi connectivity index (χ1n) is 6.16. The molecule has 1 rings (SSSR count). The van der Waals surface area contributed by atoms with Gasteiger partial charge in [-0.15, -0.1) is 0 Å². The second kappa shape index (κ2) is 6.78. The maximum absolute atomic E-state index is 11.3. The van der Waals surface area contributed by atoms with E-state index in [2.05, 4.69) is 27.5 Å². The zero-order valence-electron chi connectivity index (χ0n) is 11.1. The second-order valence-corrected chi connectivity index (χ2v) is 4.48. The number of anilines is 2. The third-order valence-electron chi connectivity index (χ3n) is 2.47. The third kappa shape index (κ3) is 4.20. The smallest absolute Gasteiger partial charge is 0.240 e. The van der Waals surface area contributed by atoms with Gasteiger partial charge < -0.3 is 16.4 Å². The Bertz CT molecular complexity index is 394. The Balaban J connectivity index is 2.74. The van der Waals surface area contributed by atoms with Crippen LogP contribution < -0.4 is 16.4 Å². The van der Waals surface area contributed by atoms with Crippen LogP contribution in [-0.4, -0.2) is 28.5 Å². The molecule has 0 fully saturated rings. The molecule has 1 heterocycles. The van der Waals surface area contributed by atoms with Crippen molar-refractivity contribution in [3.05, 3.63) is 12.4 Å². The monoisotopic (exact) mass is 251 g/mol. The Morgan fingerprint density at radius 1 is 1.39 bits per heavy atom. The highest BCUT2D eigenvalue weighted by Crippen LogP contribution is 2.11. The van der Waals surface area contributed by atoms with Crippen LogP contribution in [0.5, 0.6) is 0 Å².